The molecule has 0 aliphatic heterocycles. The number of unbranched alkanes of at least 4 members (excludes halogenated alkanes) is 2. The van der Waals surface area contributed by atoms with Crippen LogP contribution in [0.15, 0.2) is 21.6 Å². The lowest BCUT2D eigenvalue weighted by atomic mass is 10.2. The number of hydrogen-bond acceptors (Lipinski definition) is 3. The third kappa shape index (κ3) is 3.14. The van der Waals surface area contributed by atoms with Crippen LogP contribution in [0.5, 0.6) is 0 Å². The normalized spacial score (nSPS) is 11.9. The van der Waals surface area contributed by atoms with Gasteiger partial charge >= 0.3 is 10.2 Å². The first-order valence-electron chi connectivity index (χ1n) is 4.57. The van der Waals surface area contributed by atoms with Crippen LogP contribution in [0.3, 0.4) is 0 Å². The molecule has 0 saturated carbocycles. The number of rotatable bonds is 5. The van der Waals surface area contributed by atoms with Crippen molar-refractivity contribution >= 4 is 10.2 Å². The van der Waals surface area contributed by atoms with Gasteiger partial charge in [0.15, 0.2) is 0 Å². The lowest BCUT2D eigenvalue weighted by Gasteiger charge is -1.94. The van der Waals surface area contributed by atoms with Crippen molar-refractivity contribution < 1.29 is 16.7 Å². The third-order valence-electron chi connectivity index (χ3n) is 1.90. The summed E-state index contributed by atoms with van der Waals surface area (Å²) in [6, 6.07) is 2.65. The van der Waals surface area contributed by atoms with E-state index in [4.69, 9.17) is 4.42 Å². The molecule has 0 aromatic carbocycles. The molecule has 0 fully saturated rings. The van der Waals surface area contributed by atoms with Crippen molar-refractivity contribution in [3.05, 3.63) is 17.9 Å². The van der Waals surface area contributed by atoms with Crippen molar-refractivity contribution in [2.45, 2.75) is 37.7 Å². The molecule has 0 saturated heterocycles. The lowest BCUT2D eigenvalue weighted by molar-refractivity contribution is 0.399. The molecule has 1 heterocycles. The van der Waals surface area contributed by atoms with Crippen LogP contribution in [0.2, 0.25) is 0 Å². The van der Waals surface area contributed by atoms with Crippen LogP contribution in [0.25, 0.3) is 0 Å². The van der Waals surface area contributed by atoms with Gasteiger partial charge in [-0.3, -0.25) is 0 Å². The molecule has 0 amide bonds. The molecule has 1 aromatic heterocycles. The Morgan fingerprint density at radius 3 is 2.57 bits per heavy atom. The largest absolute Gasteiger partial charge is 0.447 e. The fourth-order valence-corrected chi connectivity index (χ4v) is 1.61. The van der Waals surface area contributed by atoms with E-state index in [0.29, 0.717) is 12.2 Å². The number of aryl methyl sites for hydroxylation is 1. The van der Waals surface area contributed by atoms with Crippen LogP contribution in [-0.4, -0.2) is 8.42 Å². The van der Waals surface area contributed by atoms with Gasteiger partial charge in [0.2, 0.25) is 5.09 Å². The van der Waals surface area contributed by atoms with Gasteiger partial charge in [-0.05, 0) is 18.6 Å². The molecule has 3 nitrogen and oxygen atoms in total. The van der Waals surface area contributed by atoms with Crippen LogP contribution in [0.1, 0.15) is 31.9 Å². The van der Waals surface area contributed by atoms with Crippen LogP contribution in [0, 0.1) is 0 Å². The second-order valence-corrected chi connectivity index (χ2v) is 4.39. The first kappa shape index (κ1) is 11.2. The molecular formula is C9H13FO3S. The SMILES string of the molecule is CCCCCc1ccc(S(=O)(=O)F)o1. The zero-order valence-electron chi connectivity index (χ0n) is 7.99. The highest BCUT2D eigenvalue weighted by atomic mass is 32.3. The molecule has 0 unspecified atom stereocenters. The van der Waals surface area contributed by atoms with Crippen LogP contribution in [-0.2, 0) is 16.6 Å². The van der Waals surface area contributed by atoms with Crippen LogP contribution < -0.4 is 0 Å². The molecule has 0 radical (unpaired) electrons. The predicted molar refractivity (Wildman–Crippen MR) is 50.2 cm³/mol. The highest BCUT2D eigenvalue weighted by molar-refractivity contribution is 7.86. The summed E-state index contributed by atoms with van der Waals surface area (Å²) in [4.78, 5) is 0. The van der Waals surface area contributed by atoms with E-state index in [9.17, 15) is 12.3 Å². The summed E-state index contributed by atoms with van der Waals surface area (Å²) in [6.45, 7) is 2.07. The number of furan rings is 1. The van der Waals surface area contributed by atoms with Gasteiger partial charge in [0, 0.05) is 6.42 Å². The molecule has 0 N–H and O–H groups in total. The van der Waals surface area contributed by atoms with E-state index in [1.807, 2.05) is 0 Å². The first-order valence-corrected chi connectivity index (χ1v) is 5.95. The predicted octanol–water partition coefficient (Wildman–Crippen LogP) is 2.67. The van der Waals surface area contributed by atoms with E-state index in [0.717, 1.165) is 25.3 Å². The summed E-state index contributed by atoms with van der Waals surface area (Å²) in [5.41, 5.74) is 0. The van der Waals surface area contributed by atoms with Gasteiger partial charge in [-0.15, -0.1) is 0 Å². The molecule has 1 aromatic rings. The van der Waals surface area contributed by atoms with Crippen molar-refractivity contribution in [3.63, 3.8) is 0 Å². The minimum Gasteiger partial charge on any atom is -0.447 e. The lowest BCUT2D eigenvalue weighted by Crippen LogP contribution is -1.88. The molecule has 0 spiro atoms. The van der Waals surface area contributed by atoms with Crippen molar-refractivity contribution in [1.29, 1.82) is 0 Å². The highest BCUT2D eigenvalue weighted by Crippen LogP contribution is 2.17. The van der Waals surface area contributed by atoms with E-state index in [2.05, 4.69) is 6.92 Å². The zero-order valence-corrected chi connectivity index (χ0v) is 8.81. The Kier molecular flexibility index (Phi) is 3.69. The van der Waals surface area contributed by atoms with Gasteiger partial charge in [0.05, 0.1) is 0 Å². The van der Waals surface area contributed by atoms with E-state index < -0.39 is 15.3 Å². The third-order valence-corrected chi connectivity index (χ3v) is 2.60. The smallest absolute Gasteiger partial charge is 0.365 e. The number of hydrogen-bond donors (Lipinski definition) is 0. The molecule has 0 aliphatic rings. The summed E-state index contributed by atoms with van der Waals surface area (Å²) in [7, 11) is -4.68. The van der Waals surface area contributed by atoms with Gasteiger partial charge in [-0.2, -0.15) is 8.42 Å². The van der Waals surface area contributed by atoms with Crippen LogP contribution >= 0.6 is 0 Å². The topological polar surface area (TPSA) is 47.3 Å². The Hall–Kier alpha value is -0.840. The van der Waals surface area contributed by atoms with E-state index in [1.165, 1.54) is 6.07 Å². The van der Waals surface area contributed by atoms with Crippen molar-refractivity contribution in [2.24, 2.45) is 0 Å². The summed E-state index contributed by atoms with van der Waals surface area (Å²) in [5.74, 6) is 0.523. The Balaban J connectivity index is 2.60. The second kappa shape index (κ2) is 4.59. The van der Waals surface area contributed by atoms with Crippen LogP contribution in [0.4, 0.5) is 3.89 Å². The zero-order chi connectivity index (χ0) is 10.6. The van der Waals surface area contributed by atoms with E-state index in [1.54, 1.807) is 0 Å². The molecule has 0 bridgehead atoms. The molecule has 5 heteroatoms. The Labute approximate surface area is 83.1 Å². The van der Waals surface area contributed by atoms with E-state index in [-0.39, 0.29) is 0 Å². The monoisotopic (exact) mass is 220 g/mol. The maximum absolute atomic E-state index is 12.4. The molecule has 80 valence electrons. The summed E-state index contributed by atoms with van der Waals surface area (Å²) >= 11 is 0. The quantitative estimate of drug-likeness (QED) is 0.566. The maximum atomic E-state index is 12.4. The van der Waals surface area contributed by atoms with Gasteiger partial charge in [-0.25, -0.2) is 0 Å². The Morgan fingerprint density at radius 1 is 1.36 bits per heavy atom. The fourth-order valence-electron chi connectivity index (χ4n) is 1.17. The van der Waals surface area contributed by atoms with Crippen molar-refractivity contribution in [3.8, 4) is 0 Å². The first-order chi connectivity index (χ1) is 6.54. The van der Waals surface area contributed by atoms with Crippen molar-refractivity contribution in [2.75, 3.05) is 0 Å². The average molecular weight is 220 g/mol. The summed E-state index contributed by atoms with van der Waals surface area (Å²) in [5, 5.41) is -0.594. The molecular weight excluding hydrogens is 207 g/mol. The molecule has 0 aliphatic carbocycles. The van der Waals surface area contributed by atoms with Gasteiger partial charge in [0.25, 0.3) is 0 Å². The highest BCUT2D eigenvalue weighted by Gasteiger charge is 2.16. The molecule has 14 heavy (non-hydrogen) atoms. The maximum Gasteiger partial charge on any atom is 0.365 e. The van der Waals surface area contributed by atoms with E-state index >= 15 is 0 Å². The average Bonchev–Trinajstić information content (AvgIpc) is 2.52. The minimum absolute atomic E-state index is 0.523. The Bertz CT molecular complexity index is 381. The second-order valence-electron chi connectivity index (χ2n) is 3.12. The minimum atomic E-state index is -4.68. The standard InChI is InChI=1S/C9H13FO3S/c1-2-3-4-5-8-6-7-9(13-8)14(10,11)12/h6-7H,2-5H2,1H3. The molecule has 0 atom stereocenters. The fraction of sp³-hybridized carbons (Fsp3) is 0.556. The van der Waals surface area contributed by atoms with Gasteiger partial charge < -0.3 is 4.42 Å². The summed E-state index contributed by atoms with van der Waals surface area (Å²) in [6.07, 6.45) is 3.71. The van der Waals surface area contributed by atoms with Crippen molar-refractivity contribution in [1.82, 2.24) is 0 Å². The summed E-state index contributed by atoms with van der Waals surface area (Å²) < 4.78 is 38.1. The van der Waals surface area contributed by atoms with Gasteiger partial charge in [0.1, 0.15) is 5.76 Å². The molecule has 1 rings (SSSR count). The Morgan fingerprint density at radius 2 is 2.07 bits per heavy atom. The number of halogens is 1. The van der Waals surface area contributed by atoms with Gasteiger partial charge in [-0.1, -0.05) is 23.7 Å².